The van der Waals surface area contributed by atoms with Crippen LogP contribution in [-0.4, -0.2) is 11.7 Å². The average molecular weight is 148 g/mol. The summed E-state index contributed by atoms with van der Waals surface area (Å²) in [5.41, 5.74) is 1.98. The number of hydrogen-bond donors (Lipinski definition) is 1. The molecule has 1 aromatic carbocycles. The van der Waals surface area contributed by atoms with Gasteiger partial charge in [0.2, 0.25) is 0 Å². The van der Waals surface area contributed by atoms with Crippen molar-refractivity contribution in [3.05, 3.63) is 23.8 Å². The molecule has 0 fully saturated rings. The average Bonchev–Trinajstić information content (AvgIpc) is 2.06. The van der Waals surface area contributed by atoms with Crippen LogP contribution < -0.4 is 5.32 Å². The Balaban J connectivity index is 2.49. The van der Waals surface area contributed by atoms with Crippen molar-refractivity contribution in [2.45, 2.75) is 12.8 Å². The fourth-order valence-corrected chi connectivity index (χ4v) is 1.42. The molecule has 0 unspecified atom stereocenters. The van der Waals surface area contributed by atoms with Gasteiger partial charge in [-0.2, -0.15) is 0 Å². The zero-order chi connectivity index (χ0) is 7.68. The van der Waals surface area contributed by atoms with Crippen molar-refractivity contribution in [1.29, 1.82) is 0 Å². The van der Waals surface area contributed by atoms with Gasteiger partial charge in [0.05, 0.1) is 5.69 Å². The first kappa shape index (κ1) is 6.53. The quantitative estimate of drug-likeness (QED) is 0.595. The van der Waals surface area contributed by atoms with Gasteiger partial charge in [-0.1, -0.05) is 6.07 Å². The van der Waals surface area contributed by atoms with Crippen molar-refractivity contribution < 1.29 is 5.11 Å². The summed E-state index contributed by atoms with van der Waals surface area (Å²) in [4.78, 5) is 0. The van der Waals surface area contributed by atoms with Gasteiger partial charge in [-0.15, -0.1) is 0 Å². The molecule has 0 saturated carbocycles. The molecule has 1 aliphatic rings. The minimum atomic E-state index is 0.394. The monoisotopic (exact) mass is 148 g/mol. The molecule has 0 saturated heterocycles. The Labute approximate surface area is 65.9 Å². The van der Waals surface area contributed by atoms with Gasteiger partial charge >= 0.3 is 0 Å². The fraction of sp³-hybridized carbons (Fsp3) is 0.333. The first-order chi connectivity index (χ1) is 5.38. The third-order valence-corrected chi connectivity index (χ3v) is 1.99. The van der Waals surface area contributed by atoms with Gasteiger partial charge in [-0.05, 0) is 25.0 Å². The van der Waals surface area contributed by atoms with Crippen LogP contribution in [0.1, 0.15) is 12.0 Å². The number of phenols is 1. The summed E-state index contributed by atoms with van der Waals surface area (Å²) in [7, 11) is 0. The van der Waals surface area contributed by atoms with Gasteiger partial charge < -0.3 is 5.11 Å². The zero-order valence-electron chi connectivity index (χ0n) is 6.25. The first-order valence-electron chi connectivity index (χ1n) is 3.86. The van der Waals surface area contributed by atoms with Crippen molar-refractivity contribution in [3.8, 4) is 5.75 Å². The number of phenolic OH excluding ortho intramolecular Hbond substituents is 1. The lowest BCUT2D eigenvalue weighted by molar-refractivity contribution is 0.464. The van der Waals surface area contributed by atoms with Crippen LogP contribution in [0.25, 0.3) is 0 Å². The third kappa shape index (κ3) is 1.04. The molecule has 2 rings (SSSR count). The Kier molecular flexibility index (Phi) is 1.46. The fourth-order valence-electron chi connectivity index (χ4n) is 1.42. The molecule has 1 aromatic rings. The highest BCUT2D eigenvalue weighted by Crippen LogP contribution is 2.29. The Morgan fingerprint density at radius 2 is 2.27 bits per heavy atom. The molecular formula is C9H10NO. The van der Waals surface area contributed by atoms with Crippen LogP contribution in [0.15, 0.2) is 18.2 Å². The van der Waals surface area contributed by atoms with Crippen LogP contribution in [0.5, 0.6) is 5.75 Å². The maximum absolute atomic E-state index is 9.40. The van der Waals surface area contributed by atoms with E-state index >= 15 is 0 Å². The van der Waals surface area contributed by atoms with Crippen molar-refractivity contribution in [2.75, 3.05) is 6.54 Å². The van der Waals surface area contributed by atoms with Gasteiger partial charge in [0.25, 0.3) is 0 Å². The number of aromatic hydroxyl groups is 1. The molecule has 1 heterocycles. The van der Waals surface area contributed by atoms with Gasteiger partial charge in [-0.3, -0.25) is 5.32 Å². The summed E-state index contributed by atoms with van der Waals surface area (Å²) < 4.78 is 0. The Morgan fingerprint density at radius 1 is 1.36 bits per heavy atom. The van der Waals surface area contributed by atoms with Gasteiger partial charge in [0, 0.05) is 12.1 Å². The SMILES string of the molecule is Oc1cccc2c1CCC[N]2. The molecule has 1 radical (unpaired) electrons. The summed E-state index contributed by atoms with van der Waals surface area (Å²) in [5.74, 6) is 0.394. The van der Waals surface area contributed by atoms with Crippen molar-refractivity contribution in [1.82, 2.24) is 5.32 Å². The van der Waals surface area contributed by atoms with E-state index in [1.54, 1.807) is 6.07 Å². The van der Waals surface area contributed by atoms with Gasteiger partial charge in [0.1, 0.15) is 5.75 Å². The second-order valence-electron chi connectivity index (χ2n) is 2.76. The molecule has 1 aliphatic heterocycles. The van der Waals surface area contributed by atoms with Crippen LogP contribution in [0.4, 0.5) is 5.69 Å². The molecule has 2 heteroatoms. The first-order valence-corrected chi connectivity index (χ1v) is 3.86. The molecular weight excluding hydrogens is 138 g/mol. The number of rotatable bonds is 0. The van der Waals surface area contributed by atoms with Crippen LogP contribution >= 0.6 is 0 Å². The second-order valence-corrected chi connectivity index (χ2v) is 2.76. The topological polar surface area (TPSA) is 34.3 Å². The Hall–Kier alpha value is -1.18. The summed E-state index contributed by atoms with van der Waals surface area (Å²) in [6, 6.07) is 5.51. The molecule has 0 atom stereocenters. The van der Waals surface area contributed by atoms with Gasteiger partial charge in [-0.25, -0.2) is 0 Å². The summed E-state index contributed by atoms with van der Waals surface area (Å²) in [6.45, 7) is 0.899. The lowest BCUT2D eigenvalue weighted by atomic mass is 10.0. The zero-order valence-corrected chi connectivity index (χ0v) is 6.25. The number of benzene rings is 1. The summed E-state index contributed by atoms with van der Waals surface area (Å²) in [6.07, 6.45) is 2.02. The Bertz CT molecular complexity index is 270. The number of nitrogens with zero attached hydrogens (tertiary/aromatic N) is 1. The molecule has 0 aliphatic carbocycles. The van der Waals surface area contributed by atoms with E-state index in [0.717, 1.165) is 30.6 Å². The minimum Gasteiger partial charge on any atom is -0.508 e. The smallest absolute Gasteiger partial charge is 0.120 e. The molecule has 1 N–H and O–H groups in total. The van der Waals surface area contributed by atoms with E-state index in [1.165, 1.54) is 0 Å². The summed E-state index contributed by atoms with van der Waals surface area (Å²) >= 11 is 0. The van der Waals surface area contributed by atoms with Crippen molar-refractivity contribution in [3.63, 3.8) is 0 Å². The number of fused-ring (bicyclic) bond motifs is 1. The van der Waals surface area contributed by atoms with Crippen LogP contribution in [0, 0.1) is 0 Å². The highest BCUT2D eigenvalue weighted by Gasteiger charge is 2.11. The van der Waals surface area contributed by atoms with Crippen LogP contribution in [0.2, 0.25) is 0 Å². The van der Waals surface area contributed by atoms with Crippen LogP contribution in [0.3, 0.4) is 0 Å². The molecule has 2 nitrogen and oxygen atoms in total. The normalized spacial score (nSPS) is 15.3. The Morgan fingerprint density at radius 3 is 3.09 bits per heavy atom. The molecule has 11 heavy (non-hydrogen) atoms. The minimum absolute atomic E-state index is 0.394. The highest BCUT2D eigenvalue weighted by atomic mass is 16.3. The van der Waals surface area contributed by atoms with Crippen LogP contribution in [-0.2, 0) is 6.42 Å². The number of hydrogen-bond acceptors (Lipinski definition) is 1. The largest absolute Gasteiger partial charge is 0.508 e. The van der Waals surface area contributed by atoms with E-state index < -0.39 is 0 Å². The predicted molar refractivity (Wildman–Crippen MR) is 43.1 cm³/mol. The van der Waals surface area contributed by atoms with E-state index in [0.29, 0.717) is 5.75 Å². The maximum Gasteiger partial charge on any atom is 0.120 e. The second kappa shape index (κ2) is 2.46. The summed E-state index contributed by atoms with van der Waals surface area (Å²) in [5, 5.41) is 13.7. The molecule has 0 amide bonds. The van der Waals surface area contributed by atoms with Crippen molar-refractivity contribution in [2.24, 2.45) is 0 Å². The van der Waals surface area contributed by atoms with Gasteiger partial charge in [0.15, 0.2) is 0 Å². The predicted octanol–water partition coefficient (Wildman–Crippen LogP) is 1.57. The standard InChI is InChI=1S/C9H10NO/c11-9-5-1-4-8-7(9)3-2-6-10-8/h1,4-5,11H,2-3,6H2. The van der Waals surface area contributed by atoms with E-state index in [1.807, 2.05) is 12.1 Å². The van der Waals surface area contributed by atoms with E-state index in [-0.39, 0.29) is 0 Å². The third-order valence-electron chi connectivity index (χ3n) is 1.99. The molecule has 0 bridgehead atoms. The lowest BCUT2D eigenvalue weighted by Crippen LogP contribution is -2.10. The lowest BCUT2D eigenvalue weighted by Gasteiger charge is -2.15. The molecule has 0 aromatic heterocycles. The highest BCUT2D eigenvalue weighted by molar-refractivity contribution is 5.53. The molecule has 0 spiro atoms. The molecule has 57 valence electrons. The van der Waals surface area contributed by atoms with E-state index in [9.17, 15) is 5.11 Å². The van der Waals surface area contributed by atoms with E-state index in [2.05, 4.69) is 5.32 Å². The maximum atomic E-state index is 9.40. The van der Waals surface area contributed by atoms with Crippen molar-refractivity contribution >= 4 is 5.69 Å². The van der Waals surface area contributed by atoms with E-state index in [4.69, 9.17) is 0 Å².